The van der Waals surface area contributed by atoms with Crippen molar-refractivity contribution in [3.05, 3.63) is 163 Å². The molecule has 0 N–H and O–H groups in total. The van der Waals surface area contributed by atoms with E-state index in [1.54, 1.807) is 0 Å². The lowest BCUT2D eigenvalue weighted by Crippen LogP contribution is -1.99. The summed E-state index contributed by atoms with van der Waals surface area (Å²) in [7, 11) is 0. The van der Waals surface area contributed by atoms with Crippen molar-refractivity contribution in [3.8, 4) is 45.5 Å². The van der Waals surface area contributed by atoms with E-state index in [1.807, 2.05) is 48.5 Å². The third-order valence-electron chi connectivity index (χ3n) is 9.01. The lowest BCUT2D eigenvalue weighted by Gasteiger charge is -2.13. The van der Waals surface area contributed by atoms with Gasteiger partial charge in [-0.2, -0.15) is 5.26 Å². The fourth-order valence-corrected chi connectivity index (χ4v) is 6.77. The predicted octanol–water partition coefficient (Wildman–Crippen LogP) is 10.8. The van der Waals surface area contributed by atoms with Crippen molar-refractivity contribution in [1.82, 2.24) is 14.5 Å². The van der Waals surface area contributed by atoms with Crippen LogP contribution in [0.1, 0.15) is 5.56 Å². The molecule has 0 unspecified atom stereocenters. The minimum atomic E-state index is 0.520. The van der Waals surface area contributed by atoms with Crippen LogP contribution in [0.2, 0.25) is 0 Å². The van der Waals surface area contributed by atoms with Crippen molar-refractivity contribution >= 4 is 43.5 Å². The molecule has 0 saturated carbocycles. The van der Waals surface area contributed by atoms with E-state index in [-0.39, 0.29) is 0 Å². The first-order valence-corrected chi connectivity index (χ1v) is 15.6. The van der Waals surface area contributed by atoms with Crippen LogP contribution in [-0.4, -0.2) is 14.5 Å². The Morgan fingerprint density at radius 1 is 0.489 bits per heavy atom. The average Bonchev–Trinajstić information content (AvgIpc) is 3.46. The minimum Gasteiger partial charge on any atom is -0.309 e. The molecular weight excluding hydrogens is 573 g/mol. The van der Waals surface area contributed by atoms with Gasteiger partial charge in [-0.05, 0) is 70.4 Å². The van der Waals surface area contributed by atoms with Crippen molar-refractivity contribution in [3.63, 3.8) is 0 Å². The summed E-state index contributed by atoms with van der Waals surface area (Å²) in [5, 5.41) is 16.2. The number of para-hydroxylation sites is 1. The normalized spacial score (nSPS) is 11.4. The van der Waals surface area contributed by atoms with Crippen LogP contribution < -0.4 is 0 Å². The molecule has 218 valence electrons. The zero-order valence-corrected chi connectivity index (χ0v) is 25.3. The molecule has 9 rings (SSSR count). The molecule has 0 saturated heterocycles. The minimum absolute atomic E-state index is 0.520. The molecule has 2 aromatic heterocycles. The molecule has 0 fully saturated rings. The van der Waals surface area contributed by atoms with Crippen LogP contribution in [0.15, 0.2) is 158 Å². The highest BCUT2D eigenvalue weighted by atomic mass is 15.0. The Labute approximate surface area is 271 Å². The highest BCUT2D eigenvalue weighted by molar-refractivity contribution is 6.13. The van der Waals surface area contributed by atoms with Gasteiger partial charge in [-0.1, -0.05) is 109 Å². The number of nitriles is 1. The third kappa shape index (κ3) is 4.45. The molecule has 4 heteroatoms. The number of hydrogen-bond acceptors (Lipinski definition) is 3. The predicted molar refractivity (Wildman–Crippen MR) is 192 cm³/mol. The Balaban J connectivity index is 1.26. The van der Waals surface area contributed by atoms with Crippen molar-refractivity contribution < 1.29 is 0 Å². The van der Waals surface area contributed by atoms with Gasteiger partial charge in [0, 0.05) is 33.0 Å². The van der Waals surface area contributed by atoms with E-state index in [2.05, 4.69) is 120 Å². The highest BCUT2D eigenvalue weighted by Crippen LogP contribution is 2.37. The Kier molecular flexibility index (Phi) is 6.16. The van der Waals surface area contributed by atoms with Gasteiger partial charge in [-0.25, -0.2) is 9.97 Å². The van der Waals surface area contributed by atoms with Gasteiger partial charge in [0.1, 0.15) is 0 Å². The van der Waals surface area contributed by atoms with Crippen molar-refractivity contribution in [2.45, 2.75) is 0 Å². The number of benzene rings is 7. The van der Waals surface area contributed by atoms with E-state index >= 15 is 0 Å². The van der Waals surface area contributed by atoms with Gasteiger partial charge < -0.3 is 4.57 Å². The summed E-state index contributed by atoms with van der Waals surface area (Å²) in [5.41, 5.74) is 9.21. The van der Waals surface area contributed by atoms with Gasteiger partial charge in [0.2, 0.25) is 0 Å². The summed E-state index contributed by atoms with van der Waals surface area (Å²) >= 11 is 0. The smallest absolute Gasteiger partial charge is 0.161 e. The molecule has 9 aromatic rings. The van der Waals surface area contributed by atoms with E-state index in [0.29, 0.717) is 17.0 Å². The number of rotatable bonds is 4. The van der Waals surface area contributed by atoms with Crippen molar-refractivity contribution in [2.75, 3.05) is 0 Å². The quantitative estimate of drug-likeness (QED) is 0.202. The number of hydrogen-bond donors (Lipinski definition) is 0. The van der Waals surface area contributed by atoms with Gasteiger partial charge in [-0.3, -0.25) is 0 Å². The first kappa shape index (κ1) is 26.8. The molecule has 2 heterocycles. The second-order valence-corrected chi connectivity index (χ2v) is 11.8. The average molecular weight is 599 g/mol. The van der Waals surface area contributed by atoms with E-state index in [4.69, 9.17) is 9.97 Å². The first-order valence-electron chi connectivity index (χ1n) is 15.6. The van der Waals surface area contributed by atoms with Crippen molar-refractivity contribution in [2.24, 2.45) is 0 Å². The number of nitrogens with zero attached hydrogens (tertiary/aromatic N) is 4. The van der Waals surface area contributed by atoms with Crippen LogP contribution in [0.5, 0.6) is 0 Å². The van der Waals surface area contributed by atoms with E-state index in [1.165, 1.54) is 21.5 Å². The van der Waals surface area contributed by atoms with Crippen LogP contribution in [0.25, 0.3) is 82.9 Å². The number of fused-ring (bicyclic) bond motifs is 5. The van der Waals surface area contributed by atoms with Gasteiger partial charge in [0.15, 0.2) is 5.82 Å². The van der Waals surface area contributed by atoms with Gasteiger partial charge in [0.05, 0.1) is 33.9 Å². The third-order valence-corrected chi connectivity index (χ3v) is 9.01. The fourth-order valence-electron chi connectivity index (χ4n) is 6.77. The summed E-state index contributed by atoms with van der Waals surface area (Å²) < 4.78 is 2.25. The van der Waals surface area contributed by atoms with E-state index in [0.717, 1.165) is 50.0 Å². The lowest BCUT2D eigenvalue weighted by molar-refractivity contribution is 1.17. The largest absolute Gasteiger partial charge is 0.309 e. The molecule has 0 atom stereocenters. The molecule has 0 aliphatic heterocycles. The SMILES string of the molecule is N#Cc1cc(-n2c3ccccc3c3cc4ccccc4cc32)ccc1-c1nc(-c2ccccc2)c2ccc(-c3ccccc3)cc2n1. The first-order chi connectivity index (χ1) is 23.2. The fraction of sp³-hybridized carbons (Fsp3) is 0. The van der Waals surface area contributed by atoms with Crippen LogP contribution in [-0.2, 0) is 0 Å². The molecule has 0 bridgehead atoms. The van der Waals surface area contributed by atoms with Crippen LogP contribution in [0, 0.1) is 11.3 Å². The summed E-state index contributed by atoms with van der Waals surface area (Å²) in [6.07, 6.45) is 0. The van der Waals surface area contributed by atoms with Crippen LogP contribution in [0.4, 0.5) is 0 Å². The summed E-state index contributed by atoms with van der Waals surface area (Å²) in [6, 6.07) is 56.7. The van der Waals surface area contributed by atoms with Gasteiger partial charge >= 0.3 is 0 Å². The second kappa shape index (κ2) is 10.8. The monoisotopic (exact) mass is 598 g/mol. The summed E-state index contributed by atoms with van der Waals surface area (Å²) in [5.74, 6) is 0.526. The zero-order chi connectivity index (χ0) is 31.3. The van der Waals surface area contributed by atoms with Gasteiger partial charge in [0.25, 0.3) is 0 Å². The van der Waals surface area contributed by atoms with Gasteiger partial charge in [-0.15, -0.1) is 0 Å². The maximum absolute atomic E-state index is 10.5. The summed E-state index contributed by atoms with van der Waals surface area (Å²) in [6.45, 7) is 0. The second-order valence-electron chi connectivity index (χ2n) is 11.8. The molecule has 4 nitrogen and oxygen atoms in total. The molecular formula is C43H26N4. The Hall–Kier alpha value is -6.57. The van der Waals surface area contributed by atoms with Crippen LogP contribution in [0.3, 0.4) is 0 Å². The molecule has 0 aliphatic rings. The number of aromatic nitrogens is 3. The molecule has 47 heavy (non-hydrogen) atoms. The van der Waals surface area contributed by atoms with Crippen LogP contribution >= 0.6 is 0 Å². The summed E-state index contributed by atoms with van der Waals surface area (Å²) in [4.78, 5) is 10.2. The Morgan fingerprint density at radius 2 is 1.19 bits per heavy atom. The lowest BCUT2D eigenvalue weighted by atomic mass is 10.00. The maximum Gasteiger partial charge on any atom is 0.161 e. The molecule has 0 radical (unpaired) electrons. The molecule has 0 amide bonds. The zero-order valence-electron chi connectivity index (χ0n) is 25.3. The maximum atomic E-state index is 10.5. The van der Waals surface area contributed by atoms with Crippen molar-refractivity contribution in [1.29, 1.82) is 5.26 Å². The standard InChI is InChI=1S/C43H26N4/c44-27-33-23-34(47-40-18-10-9-17-36(40)38-24-30-15-7-8-16-31(30)26-41(38)47)20-22-35(33)43-45-39-25-32(28-11-3-1-4-12-28)19-21-37(39)42(46-43)29-13-5-2-6-14-29/h1-26H. The molecule has 0 aliphatic carbocycles. The molecule has 0 spiro atoms. The Bertz CT molecular complexity index is 2680. The van der Waals surface area contributed by atoms with E-state index in [9.17, 15) is 5.26 Å². The highest BCUT2D eigenvalue weighted by Gasteiger charge is 2.18. The van der Waals surface area contributed by atoms with E-state index < -0.39 is 0 Å². The topological polar surface area (TPSA) is 54.5 Å². The Morgan fingerprint density at radius 3 is 1.98 bits per heavy atom. The molecule has 7 aromatic carbocycles.